The molecule has 0 spiro atoms. The largest absolute Gasteiger partial charge is 0.349 e. The van der Waals surface area contributed by atoms with Gasteiger partial charge in [-0.05, 0) is 31.7 Å². The van der Waals surface area contributed by atoms with Crippen molar-refractivity contribution in [1.29, 1.82) is 0 Å². The highest BCUT2D eigenvalue weighted by Gasteiger charge is 2.29. The van der Waals surface area contributed by atoms with Crippen molar-refractivity contribution in [2.45, 2.75) is 25.8 Å². The van der Waals surface area contributed by atoms with Crippen LogP contribution in [0.1, 0.15) is 30.1 Å². The van der Waals surface area contributed by atoms with Gasteiger partial charge in [-0.2, -0.15) is 0 Å². The van der Waals surface area contributed by atoms with Gasteiger partial charge in [0, 0.05) is 12.2 Å². The molecule has 1 aromatic heterocycles. The molecule has 0 saturated heterocycles. The average molecular weight is 238 g/mol. The summed E-state index contributed by atoms with van der Waals surface area (Å²) < 4.78 is 13.7. The molecule has 1 aliphatic rings. The number of aromatic nitrogens is 1. The van der Waals surface area contributed by atoms with Gasteiger partial charge in [-0.15, -0.1) is 0 Å². The number of nitrogens with zero attached hydrogens (tertiary/aromatic N) is 1. The Balaban J connectivity index is 2.12. The molecule has 1 aliphatic carbocycles. The van der Waals surface area contributed by atoms with E-state index in [9.17, 15) is 9.18 Å². The number of rotatable bonds is 4. The third kappa shape index (κ3) is 2.52. The summed E-state index contributed by atoms with van der Waals surface area (Å²) in [5.41, 5.74) is 2.07. The van der Waals surface area contributed by atoms with Gasteiger partial charge in [-0.25, -0.2) is 15.2 Å². The molecule has 1 amide bonds. The number of pyridine rings is 1. The molecule has 92 valence electrons. The minimum Gasteiger partial charge on any atom is -0.349 e. The standard InChI is InChI=1S/C11H15FN4O/c1-6(7-2-3-7)15-11(17)8-4-5-14-10(16-13)9(8)12/h4-7H,2-3,13H2,1H3,(H,14,16)(H,15,17). The quantitative estimate of drug-likeness (QED) is 0.540. The monoisotopic (exact) mass is 238 g/mol. The first-order chi connectivity index (χ1) is 8.13. The second-order valence-electron chi connectivity index (χ2n) is 4.27. The van der Waals surface area contributed by atoms with Crippen LogP contribution >= 0.6 is 0 Å². The highest BCUT2D eigenvalue weighted by molar-refractivity contribution is 5.95. The number of hydrogen-bond acceptors (Lipinski definition) is 4. The molecule has 1 fully saturated rings. The Bertz CT molecular complexity index is 433. The summed E-state index contributed by atoms with van der Waals surface area (Å²) in [5.74, 6) is 4.33. The molecule has 0 aromatic carbocycles. The predicted octanol–water partition coefficient (Wildman–Crippen LogP) is 1.03. The van der Waals surface area contributed by atoms with E-state index in [1.54, 1.807) is 0 Å². The van der Waals surface area contributed by atoms with E-state index in [0.29, 0.717) is 5.92 Å². The van der Waals surface area contributed by atoms with Crippen molar-refractivity contribution < 1.29 is 9.18 Å². The van der Waals surface area contributed by atoms with Crippen LogP contribution in [0.25, 0.3) is 0 Å². The number of nitrogens with two attached hydrogens (primary N) is 1. The van der Waals surface area contributed by atoms with Crippen molar-refractivity contribution in [3.8, 4) is 0 Å². The van der Waals surface area contributed by atoms with Gasteiger partial charge in [0.05, 0.1) is 5.56 Å². The van der Waals surface area contributed by atoms with Crippen LogP contribution < -0.4 is 16.6 Å². The van der Waals surface area contributed by atoms with E-state index in [0.717, 1.165) is 12.8 Å². The molecule has 1 unspecified atom stereocenters. The number of hydrazine groups is 1. The van der Waals surface area contributed by atoms with Crippen LogP contribution in [0.4, 0.5) is 10.2 Å². The maximum atomic E-state index is 13.7. The molecule has 0 aliphatic heterocycles. The number of carbonyl (C=O) groups is 1. The molecule has 6 heteroatoms. The number of carbonyl (C=O) groups excluding carboxylic acids is 1. The first kappa shape index (κ1) is 11.8. The van der Waals surface area contributed by atoms with Crippen molar-refractivity contribution in [2.75, 3.05) is 5.43 Å². The van der Waals surface area contributed by atoms with E-state index >= 15 is 0 Å². The van der Waals surface area contributed by atoms with Gasteiger partial charge in [-0.1, -0.05) is 0 Å². The summed E-state index contributed by atoms with van der Waals surface area (Å²) in [6.07, 6.45) is 3.58. The lowest BCUT2D eigenvalue weighted by atomic mass is 10.2. The van der Waals surface area contributed by atoms with E-state index in [4.69, 9.17) is 5.84 Å². The second-order valence-corrected chi connectivity index (χ2v) is 4.27. The van der Waals surface area contributed by atoms with Crippen molar-refractivity contribution >= 4 is 11.7 Å². The van der Waals surface area contributed by atoms with Gasteiger partial charge in [0.2, 0.25) is 0 Å². The van der Waals surface area contributed by atoms with E-state index in [1.165, 1.54) is 12.3 Å². The summed E-state index contributed by atoms with van der Waals surface area (Å²) in [5, 5.41) is 2.77. The summed E-state index contributed by atoms with van der Waals surface area (Å²) in [7, 11) is 0. The van der Waals surface area contributed by atoms with E-state index in [2.05, 4.69) is 15.7 Å². The molecule has 0 bridgehead atoms. The Hall–Kier alpha value is -1.69. The van der Waals surface area contributed by atoms with Gasteiger partial charge in [0.15, 0.2) is 11.6 Å². The van der Waals surface area contributed by atoms with Crippen molar-refractivity contribution in [3.05, 3.63) is 23.6 Å². The number of anilines is 1. The normalized spacial score (nSPS) is 16.4. The highest BCUT2D eigenvalue weighted by atomic mass is 19.1. The Kier molecular flexibility index (Phi) is 3.23. The lowest BCUT2D eigenvalue weighted by molar-refractivity contribution is 0.0931. The molecule has 1 saturated carbocycles. The van der Waals surface area contributed by atoms with E-state index in [-0.39, 0.29) is 17.4 Å². The summed E-state index contributed by atoms with van der Waals surface area (Å²) >= 11 is 0. The molecule has 2 rings (SSSR count). The fourth-order valence-corrected chi connectivity index (χ4v) is 1.72. The molecule has 0 radical (unpaired) electrons. The number of hydrogen-bond donors (Lipinski definition) is 3. The average Bonchev–Trinajstić information content (AvgIpc) is 3.12. The Morgan fingerprint density at radius 3 is 2.94 bits per heavy atom. The summed E-state index contributed by atoms with van der Waals surface area (Å²) in [4.78, 5) is 15.5. The van der Waals surface area contributed by atoms with Crippen LogP contribution in [-0.2, 0) is 0 Å². The fraction of sp³-hybridized carbons (Fsp3) is 0.455. The smallest absolute Gasteiger partial charge is 0.254 e. The zero-order valence-corrected chi connectivity index (χ0v) is 9.53. The topological polar surface area (TPSA) is 80.0 Å². The van der Waals surface area contributed by atoms with Gasteiger partial charge < -0.3 is 10.7 Å². The Labute approximate surface area is 98.6 Å². The number of nitrogens with one attached hydrogen (secondary N) is 2. The van der Waals surface area contributed by atoms with Crippen LogP contribution in [0.2, 0.25) is 0 Å². The third-order valence-corrected chi connectivity index (χ3v) is 2.96. The minimum absolute atomic E-state index is 0.0413. The predicted molar refractivity (Wildman–Crippen MR) is 61.7 cm³/mol. The summed E-state index contributed by atoms with van der Waals surface area (Å²) in [6, 6.07) is 1.41. The second kappa shape index (κ2) is 4.67. The Morgan fingerprint density at radius 2 is 2.35 bits per heavy atom. The SMILES string of the molecule is CC(NC(=O)c1ccnc(NN)c1F)C1CC1. The lowest BCUT2D eigenvalue weighted by Gasteiger charge is -2.13. The van der Waals surface area contributed by atoms with Crippen molar-refractivity contribution in [3.63, 3.8) is 0 Å². The molecular weight excluding hydrogens is 223 g/mol. The minimum atomic E-state index is -0.726. The Morgan fingerprint density at radius 1 is 1.65 bits per heavy atom. The molecule has 5 nitrogen and oxygen atoms in total. The van der Waals surface area contributed by atoms with Crippen LogP contribution in [0.3, 0.4) is 0 Å². The summed E-state index contributed by atoms with van der Waals surface area (Å²) in [6.45, 7) is 1.93. The van der Waals surface area contributed by atoms with E-state index < -0.39 is 11.7 Å². The van der Waals surface area contributed by atoms with Gasteiger partial charge in [0.25, 0.3) is 5.91 Å². The molecular formula is C11H15FN4O. The molecule has 1 aromatic rings. The first-order valence-electron chi connectivity index (χ1n) is 5.55. The van der Waals surface area contributed by atoms with Gasteiger partial charge in [0.1, 0.15) is 0 Å². The first-order valence-corrected chi connectivity index (χ1v) is 5.55. The van der Waals surface area contributed by atoms with Gasteiger partial charge in [-0.3, -0.25) is 4.79 Å². The number of nitrogen functional groups attached to an aromatic ring is 1. The van der Waals surface area contributed by atoms with Crippen LogP contribution in [0.5, 0.6) is 0 Å². The van der Waals surface area contributed by atoms with Crippen LogP contribution in [0.15, 0.2) is 12.3 Å². The van der Waals surface area contributed by atoms with Gasteiger partial charge >= 0.3 is 0 Å². The highest BCUT2D eigenvalue weighted by Crippen LogP contribution is 2.32. The van der Waals surface area contributed by atoms with E-state index in [1.807, 2.05) is 6.92 Å². The maximum Gasteiger partial charge on any atom is 0.254 e. The molecule has 1 heterocycles. The zero-order valence-electron chi connectivity index (χ0n) is 9.53. The molecule has 17 heavy (non-hydrogen) atoms. The van der Waals surface area contributed by atoms with Crippen molar-refractivity contribution in [1.82, 2.24) is 10.3 Å². The van der Waals surface area contributed by atoms with Crippen molar-refractivity contribution in [2.24, 2.45) is 11.8 Å². The maximum absolute atomic E-state index is 13.7. The number of amides is 1. The fourth-order valence-electron chi connectivity index (χ4n) is 1.72. The third-order valence-electron chi connectivity index (χ3n) is 2.96. The molecule has 1 atom stereocenters. The number of halogens is 1. The molecule has 4 N–H and O–H groups in total. The van der Waals surface area contributed by atoms with Crippen LogP contribution in [-0.4, -0.2) is 16.9 Å². The zero-order chi connectivity index (χ0) is 12.4. The van der Waals surface area contributed by atoms with Crippen LogP contribution in [0, 0.1) is 11.7 Å². The lowest BCUT2D eigenvalue weighted by Crippen LogP contribution is -2.34.